The maximum Gasteiger partial charge on any atom is 0.173 e. The van der Waals surface area contributed by atoms with Gasteiger partial charge in [0, 0.05) is 0 Å². The van der Waals surface area contributed by atoms with Crippen molar-refractivity contribution in [2.24, 2.45) is 0 Å². The average molecular weight is 231 g/mol. The van der Waals surface area contributed by atoms with E-state index < -0.39 is 0 Å². The Kier molecular flexibility index (Phi) is 3.49. The molecule has 0 bridgehead atoms. The summed E-state index contributed by atoms with van der Waals surface area (Å²) in [5, 5.41) is 15.1. The number of aromatic nitrogens is 4. The first-order chi connectivity index (χ1) is 8.27. The smallest absolute Gasteiger partial charge is 0.173 e. The minimum absolute atomic E-state index is 0.120. The van der Waals surface area contributed by atoms with E-state index >= 15 is 0 Å². The van der Waals surface area contributed by atoms with Gasteiger partial charge in [-0.25, -0.2) is 0 Å². The van der Waals surface area contributed by atoms with E-state index in [0.717, 1.165) is 17.9 Å². The van der Waals surface area contributed by atoms with Gasteiger partial charge >= 0.3 is 0 Å². The highest BCUT2D eigenvalue weighted by Crippen LogP contribution is 2.17. The highest BCUT2D eigenvalue weighted by molar-refractivity contribution is 5.40. The van der Waals surface area contributed by atoms with E-state index in [4.69, 9.17) is 0 Å². The van der Waals surface area contributed by atoms with Gasteiger partial charge < -0.3 is 5.32 Å². The van der Waals surface area contributed by atoms with Crippen LogP contribution in [0.2, 0.25) is 0 Å². The monoisotopic (exact) mass is 231 g/mol. The molecule has 1 atom stereocenters. The third-order valence-corrected chi connectivity index (χ3v) is 2.91. The molecule has 17 heavy (non-hydrogen) atoms. The molecular weight excluding hydrogens is 214 g/mol. The quantitative estimate of drug-likeness (QED) is 0.866. The first kappa shape index (κ1) is 11.7. The van der Waals surface area contributed by atoms with Crippen LogP contribution in [0.4, 0.5) is 0 Å². The van der Waals surface area contributed by atoms with E-state index in [-0.39, 0.29) is 6.04 Å². The minimum Gasteiger partial charge on any atom is -0.311 e. The maximum absolute atomic E-state index is 4.08. The molecule has 1 heterocycles. The summed E-state index contributed by atoms with van der Waals surface area (Å²) in [5.41, 5.74) is 2.29. The molecule has 0 saturated heterocycles. The van der Waals surface area contributed by atoms with Crippen LogP contribution in [0, 0.1) is 0 Å². The topological polar surface area (TPSA) is 55.6 Å². The van der Waals surface area contributed by atoms with Crippen LogP contribution in [-0.4, -0.2) is 27.3 Å². The highest BCUT2D eigenvalue weighted by atomic mass is 15.5. The lowest BCUT2D eigenvalue weighted by Gasteiger charge is -2.12. The molecule has 90 valence electrons. The fourth-order valence-electron chi connectivity index (χ4n) is 1.78. The van der Waals surface area contributed by atoms with Crippen LogP contribution in [0.5, 0.6) is 0 Å². The molecule has 0 amide bonds. The molecule has 0 aliphatic heterocycles. The first-order valence-corrected chi connectivity index (χ1v) is 5.81. The van der Waals surface area contributed by atoms with Gasteiger partial charge in [0.05, 0.1) is 11.7 Å². The zero-order valence-electron chi connectivity index (χ0n) is 10.4. The first-order valence-electron chi connectivity index (χ1n) is 5.81. The number of rotatable bonds is 4. The van der Waals surface area contributed by atoms with Crippen LogP contribution in [-0.2, 0) is 6.42 Å². The van der Waals surface area contributed by atoms with Gasteiger partial charge in [0.2, 0.25) is 0 Å². The molecule has 0 aliphatic carbocycles. The molecular formula is C12H17N5. The van der Waals surface area contributed by atoms with Crippen LogP contribution in [0.25, 0.3) is 5.69 Å². The summed E-state index contributed by atoms with van der Waals surface area (Å²) in [5.74, 6) is 0.827. The van der Waals surface area contributed by atoms with Crippen LogP contribution in [0.1, 0.15) is 31.3 Å². The predicted octanol–water partition coefficient (Wildman–Crippen LogP) is 1.51. The van der Waals surface area contributed by atoms with E-state index in [1.807, 2.05) is 32.2 Å². The second-order valence-electron chi connectivity index (χ2n) is 3.94. The van der Waals surface area contributed by atoms with Gasteiger partial charge in [-0.2, -0.15) is 4.68 Å². The Balaban J connectivity index is 2.49. The number of hydrogen-bond acceptors (Lipinski definition) is 4. The number of benzene rings is 1. The molecule has 5 nitrogen and oxygen atoms in total. The van der Waals surface area contributed by atoms with Crippen LogP contribution in [0.3, 0.4) is 0 Å². The van der Waals surface area contributed by atoms with Crippen molar-refractivity contribution in [2.45, 2.75) is 26.3 Å². The van der Waals surface area contributed by atoms with Crippen molar-refractivity contribution < 1.29 is 0 Å². The number of para-hydroxylation sites is 1. The second kappa shape index (κ2) is 5.05. The summed E-state index contributed by atoms with van der Waals surface area (Å²) in [7, 11) is 1.90. The fraction of sp³-hybridized carbons (Fsp3) is 0.417. The molecule has 0 fully saturated rings. The van der Waals surface area contributed by atoms with E-state index in [2.05, 4.69) is 33.8 Å². The maximum atomic E-state index is 4.08. The SMILES string of the molecule is CCc1ccccc1-n1nnnc1C(C)NC. The zero-order valence-corrected chi connectivity index (χ0v) is 10.4. The summed E-state index contributed by atoms with van der Waals surface area (Å²) in [6.45, 7) is 4.17. The average Bonchev–Trinajstić information content (AvgIpc) is 2.86. The Bertz CT molecular complexity index is 491. The molecule has 2 aromatic rings. The Morgan fingerprint density at radius 1 is 1.35 bits per heavy atom. The van der Waals surface area contributed by atoms with Crippen LogP contribution < -0.4 is 5.32 Å². The van der Waals surface area contributed by atoms with Crippen molar-refractivity contribution in [3.8, 4) is 5.69 Å². The number of tetrazole rings is 1. The molecule has 1 aromatic carbocycles. The Labute approximate surface area is 101 Å². The van der Waals surface area contributed by atoms with Gasteiger partial charge in [-0.3, -0.25) is 0 Å². The van der Waals surface area contributed by atoms with E-state index in [0.29, 0.717) is 0 Å². The van der Waals surface area contributed by atoms with E-state index in [1.165, 1.54) is 5.56 Å². The molecule has 0 radical (unpaired) electrons. The molecule has 5 heteroatoms. The third-order valence-electron chi connectivity index (χ3n) is 2.91. The summed E-state index contributed by atoms with van der Waals surface area (Å²) in [6.07, 6.45) is 0.962. The lowest BCUT2D eigenvalue weighted by molar-refractivity contribution is 0.587. The molecule has 0 spiro atoms. The van der Waals surface area contributed by atoms with Crippen LogP contribution >= 0.6 is 0 Å². The minimum atomic E-state index is 0.120. The molecule has 1 unspecified atom stereocenters. The van der Waals surface area contributed by atoms with Gasteiger partial charge in [0.1, 0.15) is 0 Å². The number of hydrogen-bond donors (Lipinski definition) is 1. The zero-order chi connectivity index (χ0) is 12.3. The van der Waals surface area contributed by atoms with Crippen LogP contribution in [0.15, 0.2) is 24.3 Å². The molecule has 2 rings (SSSR count). The number of aryl methyl sites for hydroxylation is 1. The van der Waals surface area contributed by atoms with Crippen molar-refractivity contribution in [2.75, 3.05) is 7.05 Å². The van der Waals surface area contributed by atoms with E-state index in [9.17, 15) is 0 Å². The second-order valence-corrected chi connectivity index (χ2v) is 3.94. The van der Waals surface area contributed by atoms with Crippen molar-refractivity contribution in [3.63, 3.8) is 0 Å². The summed E-state index contributed by atoms with van der Waals surface area (Å²) in [4.78, 5) is 0. The normalized spacial score (nSPS) is 12.6. The molecule has 1 aromatic heterocycles. The largest absolute Gasteiger partial charge is 0.311 e. The number of nitrogens with one attached hydrogen (secondary N) is 1. The lowest BCUT2D eigenvalue weighted by Crippen LogP contribution is -2.18. The lowest BCUT2D eigenvalue weighted by atomic mass is 10.1. The Hall–Kier alpha value is -1.75. The Morgan fingerprint density at radius 3 is 2.82 bits per heavy atom. The predicted molar refractivity (Wildman–Crippen MR) is 66.0 cm³/mol. The summed E-state index contributed by atoms with van der Waals surface area (Å²) in [6, 6.07) is 8.30. The molecule has 1 N–H and O–H groups in total. The van der Waals surface area contributed by atoms with E-state index in [1.54, 1.807) is 4.68 Å². The van der Waals surface area contributed by atoms with Crippen molar-refractivity contribution in [1.29, 1.82) is 0 Å². The molecule has 0 saturated carbocycles. The van der Waals surface area contributed by atoms with Gasteiger partial charge in [0.15, 0.2) is 5.82 Å². The van der Waals surface area contributed by atoms with Crippen molar-refractivity contribution in [1.82, 2.24) is 25.5 Å². The Morgan fingerprint density at radius 2 is 2.12 bits per heavy atom. The summed E-state index contributed by atoms with van der Waals surface area (Å²) < 4.78 is 1.81. The standard InChI is InChI=1S/C12H17N5/c1-4-10-7-5-6-8-11(10)17-12(9(2)13-3)14-15-16-17/h5-9,13H,4H2,1-3H3. The highest BCUT2D eigenvalue weighted by Gasteiger charge is 2.15. The van der Waals surface area contributed by atoms with Gasteiger partial charge in [-0.1, -0.05) is 25.1 Å². The fourth-order valence-corrected chi connectivity index (χ4v) is 1.78. The third kappa shape index (κ3) is 2.19. The summed E-state index contributed by atoms with van der Waals surface area (Å²) >= 11 is 0. The van der Waals surface area contributed by atoms with Crippen molar-refractivity contribution >= 4 is 0 Å². The number of nitrogens with zero attached hydrogens (tertiary/aromatic N) is 4. The van der Waals surface area contributed by atoms with Gasteiger partial charge in [-0.15, -0.1) is 5.10 Å². The van der Waals surface area contributed by atoms with Crippen molar-refractivity contribution in [3.05, 3.63) is 35.7 Å². The van der Waals surface area contributed by atoms with Gasteiger partial charge in [0.25, 0.3) is 0 Å². The van der Waals surface area contributed by atoms with Gasteiger partial charge in [-0.05, 0) is 42.4 Å². The molecule has 0 aliphatic rings.